The summed E-state index contributed by atoms with van der Waals surface area (Å²) in [5, 5.41) is 12.0. The van der Waals surface area contributed by atoms with Gasteiger partial charge >= 0.3 is 0 Å². The van der Waals surface area contributed by atoms with Gasteiger partial charge in [-0.1, -0.05) is 5.16 Å². The average molecular weight is 321 g/mol. The van der Waals surface area contributed by atoms with E-state index >= 15 is 0 Å². The number of hydrogen-bond acceptors (Lipinski definition) is 5. The number of Topliss-reactive ketones (excluding diaryl/α,β-unsaturated/α-hetero) is 1. The molecule has 0 heterocycles. The number of rotatable bonds is 4. The maximum absolute atomic E-state index is 12.9. The molecule has 0 bridgehead atoms. The van der Waals surface area contributed by atoms with Gasteiger partial charge in [0, 0.05) is 17.4 Å². The predicted molar refractivity (Wildman–Crippen MR) is 78.6 cm³/mol. The highest BCUT2D eigenvalue weighted by atomic mass is 32.2. The molecule has 5 nitrogen and oxygen atoms in total. The third-order valence-electron chi connectivity index (χ3n) is 2.98. The standard InChI is InChI=1S/C15H12FNO4S/c1-22(20,21)13-8-4-11(5-9-13)15(18)14(17-19)10-2-6-12(16)7-3-10/h2-9,19H,1H3/b17-14+. The lowest BCUT2D eigenvalue weighted by molar-refractivity contribution is 0.106. The summed E-state index contributed by atoms with van der Waals surface area (Å²) >= 11 is 0. The van der Waals surface area contributed by atoms with Crippen LogP contribution < -0.4 is 0 Å². The van der Waals surface area contributed by atoms with Gasteiger partial charge in [-0.25, -0.2) is 12.8 Å². The molecule has 0 radical (unpaired) electrons. The van der Waals surface area contributed by atoms with Crippen molar-refractivity contribution in [3.8, 4) is 0 Å². The van der Waals surface area contributed by atoms with E-state index in [0.29, 0.717) is 0 Å². The fraction of sp³-hybridized carbons (Fsp3) is 0.0667. The van der Waals surface area contributed by atoms with Crippen LogP contribution in [0.3, 0.4) is 0 Å². The summed E-state index contributed by atoms with van der Waals surface area (Å²) in [6, 6.07) is 10.1. The van der Waals surface area contributed by atoms with E-state index in [2.05, 4.69) is 5.16 Å². The molecule has 0 amide bonds. The highest BCUT2D eigenvalue weighted by Crippen LogP contribution is 2.14. The maximum atomic E-state index is 12.9. The molecular formula is C15H12FNO4S. The van der Waals surface area contributed by atoms with Crippen LogP contribution in [0.15, 0.2) is 58.6 Å². The number of halogens is 1. The number of oxime groups is 1. The molecule has 2 aromatic rings. The Balaban J connectivity index is 2.35. The molecule has 0 aliphatic carbocycles. The molecule has 0 aliphatic heterocycles. The molecule has 0 saturated heterocycles. The SMILES string of the molecule is CS(=O)(=O)c1ccc(C(=O)/C(=N/O)c2ccc(F)cc2)cc1. The van der Waals surface area contributed by atoms with E-state index in [1.807, 2.05) is 0 Å². The number of carbonyl (C=O) groups is 1. The highest BCUT2D eigenvalue weighted by Gasteiger charge is 2.18. The second-order valence-corrected chi connectivity index (χ2v) is 6.60. The molecule has 2 rings (SSSR count). The molecule has 0 aromatic heterocycles. The lowest BCUT2D eigenvalue weighted by atomic mass is 10.0. The number of carbonyl (C=O) groups excluding carboxylic acids is 1. The van der Waals surface area contributed by atoms with Gasteiger partial charge in [0.2, 0.25) is 5.78 Å². The fourth-order valence-corrected chi connectivity index (χ4v) is 2.46. The van der Waals surface area contributed by atoms with Crippen molar-refractivity contribution in [2.24, 2.45) is 5.16 Å². The van der Waals surface area contributed by atoms with E-state index in [1.54, 1.807) is 0 Å². The zero-order valence-corrected chi connectivity index (χ0v) is 12.3. The summed E-state index contributed by atoms with van der Waals surface area (Å²) in [5.41, 5.74) is 0.151. The molecular weight excluding hydrogens is 309 g/mol. The number of ketones is 1. The molecule has 0 unspecified atom stereocenters. The Labute approximate surface area is 126 Å². The zero-order valence-electron chi connectivity index (χ0n) is 11.5. The first kappa shape index (κ1) is 15.8. The molecule has 7 heteroatoms. The molecule has 0 spiro atoms. The second kappa shape index (κ2) is 6.07. The summed E-state index contributed by atoms with van der Waals surface area (Å²) in [5.74, 6) is -1.08. The van der Waals surface area contributed by atoms with Crippen molar-refractivity contribution >= 4 is 21.3 Å². The van der Waals surface area contributed by atoms with Crippen LogP contribution in [0.4, 0.5) is 4.39 Å². The van der Waals surface area contributed by atoms with Crippen LogP contribution in [0.5, 0.6) is 0 Å². The van der Waals surface area contributed by atoms with Gasteiger partial charge in [0.05, 0.1) is 4.90 Å². The van der Waals surface area contributed by atoms with Crippen molar-refractivity contribution < 1.29 is 22.8 Å². The first-order valence-electron chi connectivity index (χ1n) is 6.16. The fourth-order valence-electron chi connectivity index (χ4n) is 1.83. The molecule has 1 N–H and O–H groups in total. The Kier molecular flexibility index (Phi) is 4.37. The largest absolute Gasteiger partial charge is 0.410 e. The Bertz CT molecular complexity index is 825. The van der Waals surface area contributed by atoms with Gasteiger partial charge in [0.25, 0.3) is 0 Å². The van der Waals surface area contributed by atoms with Gasteiger partial charge in [-0.3, -0.25) is 4.79 Å². The zero-order chi connectivity index (χ0) is 16.3. The normalized spacial score (nSPS) is 12.2. The van der Waals surface area contributed by atoms with Gasteiger partial charge in [-0.2, -0.15) is 0 Å². The molecule has 0 saturated carbocycles. The maximum Gasteiger partial charge on any atom is 0.215 e. The molecule has 2 aromatic carbocycles. The van der Waals surface area contributed by atoms with Crippen molar-refractivity contribution in [1.29, 1.82) is 0 Å². The van der Waals surface area contributed by atoms with Gasteiger partial charge in [-0.05, 0) is 48.5 Å². The van der Waals surface area contributed by atoms with Crippen LogP contribution in [0.2, 0.25) is 0 Å². The van der Waals surface area contributed by atoms with Gasteiger partial charge in [0.1, 0.15) is 5.82 Å². The lowest BCUT2D eigenvalue weighted by Gasteiger charge is -2.05. The van der Waals surface area contributed by atoms with Crippen LogP contribution in [0.1, 0.15) is 15.9 Å². The van der Waals surface area contributed by atoms with Crippen LogP contribution in [-0.4, -0.2) is 31.4 Å². The van der Waals surface area contributed by atoms with E-state index in [0.717, 1.165) is 18.4 Å². The third-order valence-corrected chi connectivity index (χ3v) is 4.11. The summed E-state index contributed by atoms with van der Waals surface area (Å²) in [6.45, 7) is 0. The number of benzene rings is 2. The van der Waals surface area contributed by atoms with E-state index in [4.69, 9.17) is 5.21 Å². The third kappa shape index (κ3) is 3.37. The predicted octanol–water partition coefficient (Wildman–Crippen LogP) is 2.29. The van der Waals surface area contributed by atoms with Gasteiger partial charge in [0.15, 0.2) is 15.5 Å². The molecule has 0 atom stereocenters. The van der Waals surface area contributed by atoms with Crippen molar-refractivity contribution in [1.82, 2.24) is 0 Å². The van der Waals surface area contributed by atoms with E-state index in [1.165, 1.54) is 36.4 Å². The van der Waals surface area contributed by atoms with Gasteiger partial charge < -0.3 is 5.21 Å². The summed E-state index contributed by atoms with van der Waals surface area (Å²) in [7, 11) is -3.36. The topological polar surface area (TPSA) is 83.8 Å². The van der Waals surface area contributed by atoms with Crippen molar-refractivity contribution in [3.63, 3.8) is 0 Å². The number of nitrogens with zero attached hydrogens (tertiary/aromatic N) is 1. The minimum Gasteiger partial charge on any atom is -0.410 e. The summed E-state index contributed by atoms with van der Waals surface area (Å²) in [6.07, 6.45) is 1.06. The molecule has 22 heavy (non-hydrogen) atoms. The van der Waals surface area contributed by atoms with Crippen molar-refractivity contribution in [3.05, 3.63) is 65.5 Å². The minimum atomic E-state index is -3.36. The van der Waals surface area contributed by atoms with Crippen molar-refractivity contribution in [2.75, 3.05) is 6.26 Å². The van der Waals surface area contributed by atoms with Crippen LogP contribution in [-0.2, 0) is 9.84 Å². The van der Waals surface area contributed by atoms with Crippen molar-refractivity contribution in [2.45, 2.75) is 4.90 Å². The van der Waals surface area contributed by atoms with Crippen LogP contribution in [0.25, 0.3) is 0 Å². The molecule has 0 aliphatic rings. The summed E-state index contributed by atoms with van der Waals surface area (Å²) < 4.78 is 35.6. The Hall–Kier alpha value is -2.54. The monoisotopic (exact) mass is 321 g/mol. The first-order chi connectivity index (χ1) is 10.3. The Morgan fingerprint density at radius 3 is 1.95 bits per heavy atom. The number of hydrogen-bond donors (Lipinski definition) is 1. The second-order valence-electron chi connectivity index (χ2n) is 4.58. The van der Waals surface area contributed by atoms with Crippen LogP contribution >= 0.6 is 0 Å². The average Bonchev–Trinajstić information content (AvgIpc) is 2.49. The van der Waals surface area contributed by atoms with Gasteiger partial charge in [-0.15, -0.1) is 0 Å². The highest BCUT2D eigenvalue weighted by molar-refractivity contribution is 7.90. The van der Waals surface area contributed by atoms with Crippen LogP contribution in [0, 0.1) is 5.82 Å². The summed E-state index contributed by atoms with van der Waals surface area (Å²) in [4.78, 5) is 12.4. The minimum absolute atomic E-state index is 0.0771. The number of sulfone groups is 1. The molecule has 114 valence electrons. The van der Waals surface area contributed by atoms with E-state index in [9.17, 15) is 17.6 Å². The smallest absolute Gasteiger partial charge is 0.215 e. The van der Waals surface area contributed by atoms with E-state index < -0.39 is 21.4 Å². The Morgan fingerprint density at radius 1 is 1.00 bits per heavy atom. The first-order valence-corrected chi connectivity index (χ1v) is 8.05. The quantitative estimate of drug-likeness (QED) is 0.405. The molecule has 0 fully saturated rings. The lowest BCUT2D eigenvalue weighted by Crippen LogP contribution is -2.16. The van der Waals surface area contributed by atoms with E-state index in [-0.39, 0.29) is 21.7 Å². The Morgan fingerprint density at radius 2 is 1.50 bits per heavy atom.